The summed E-state index contributed by atoms with van der Waals surface area (Å²) >= 11 is 0. The monoisotopic (exact) mass is 521 g/mol. The van der Waals surface area contributed by atoms with Crippen LogP contribution in [0.4, 0.5) is 19.1 Å². The van der Waals surface area contributed by atoms with Gasteiger partial charge < -0.3 is 24.9 Å². The van der Waals surface area contributed by atoms with E-state index < -0.39 is 18.9 Å². The Morgan fingerprint density at radius 1 is 1.14 bits per heavy atom. The van der Waals surface area contributed by atoms with Gasteiger partial charge in [-0.3, -0.25) is 0 Å². The first-order valence-corrected chi connectivity index (χ1v) is 14.9. The Bertz CT molecular complexity index is 1300. The fourth-order valence-electron chi connectivity index (χ4n) is 5.32. The van der Waals surface area contributed by atoms with Crippen LogP contribution in [0.25, 0.3) is 22.2 Å². The van der Waals surface area contributed by atoms with Crippen LogP contribution in [0.2, 0.25) is 0 Å². The predicted molar refractivity (Wildman–Crippen MR) is 135 cm³/mol. The molecule has 1 saturated carbocycles. The molecule has 2 aromatic heterocycles. The Kier molecular flexibility index (Phi) is 6.87. The number of fused-ring (bicyclic) bond motifs is 7. The number of benzene rings is 1. The van der Waals surface area contributed by atoms with Gasteiger partial charge in [0.25, 0.3) is 0 Å². The summed E-state index contributed by atoms with van der Waals surface area (Å²) in [6, 6.07) is 4.00. The first-order valence-electron chi connectivity index (χ1n) is 12.3. The predicted octanol–water partition coefficient (Wildman–Crippen LogP) is 5.12. The smallest absolute Gasteiger partial charge is 0.377 e. The minimum atomic E-state index is -4.63. The van der Waals surface area contributed by atoms with Crippen molar-refractivity contribution in [1.82, 2.24) is 20.3 Å². The quantitative estimate of drug-likeness (QED) is 0.385. The van der Waals surface area contributed by atoms with Crippen molar-refractivity contribution < 1.29 is 22.5 Å². The molecule has 0 amide bonds. The highest BCUT2D eigenvalue weighted by Gasteiger charge is 2.37. The van der Waals surface area contributed by atoms with Crippen molar-refractivity contribution in [3.05, 3.63) is 35.7 Å². The number of aromatic amines is 1. The van der Waals surface area contributed by atoms with E-state index in [1.807, 2.05) is 0 Å². The molecule has 4 heterocycles. The number of halogens is 3. The van der Waals surface area contributed by atoms with Crippen LogP contribution in [0.15, 0.2) is 24.5 Å². The van der Waals surface area contributed by atoms with Gasteiger partial charge in [-0.05, 0) is 57.5 Å². The van der Waals surface area contributed by atoms with Crippen LogP contribution in [-0.2, 0) is 22.1 Å². The topological polar surface area (TPSA) is 91.9 Å². The van der Waals surface area contributed by atoms with Crippen molar-refractivity contribution in [3.63, 3.8) is 0 Å². The first-order chi connectivity index (χ1) is 17.1. The molecule has 2 aliphatic heterocycles. The molecule has 7 nitrogen and oxygen atoms in total. The Morgan fingerprint density at radius 2 is 1.94 bits per heavy atom. The summed E-state index contributed by atoms with van der Waals surface area (Å²) < 4.78 is 61.3. The second kappa shape index (κ2) is 9.80. The van der Waals surface area contributed by atoms with Gasteiger partial charge in [0.1, 0.15) is 12.7 Å². The van der Waals surface area contributed by atoms with E-state index in [0.29, 0.717) is 41.0 Å². The fraction of sp³-hybridized carbons (Fsp3) is 0.520. The highest BCUT2D eigenvalue weighted by molar-refractivity contribution is 7.70. The molecule has 3 aliphatic rings. The molecule has 0 spiro atoms. The molecule has 6 rings (SSSR count). The molecule has 0 unspecified atom stereocenters. The number of rotatable bonds is 1. The molecular weight excluding hydrogens is 490 g/mol. The molecule has 8 bridgehead atoms. The van der Waals surface area contributed by atoms with Crippen molar-refractivity contribution in [2.24, 2.45) is 0 Å². The van der Waals surface area contributed by atoms with Crippen molar-refractivity contribution in [1.29, 1.82) is 0 Å². The van der Waals surface area contributed by atoms with Gasteiger partial charge in [-0.1, -0.05) is 12.1 Å². The average Bonchev–Trinajstić information content (AvgIpc) is 3.42. The van der Waals surface area contributed by atoms with Crippen LogP contribution < -0.4 is 15.9 Å². The van der Waals surface area contributed by atoms with Crippen LogP contribution in [0.3, 0.4) is 0 Å². The number of aromatic nitrogens is 3. The second-order valence-corrected chi connectivity index (χ2v) is 13.2. The van der Waals surface area contributed by atoms with Crippen molar-refractivity contribution in [3.8, 4) is 11.3 Å². The van der Waals surface area contributed by atoms with Crippen LogP contribution >= 0.6 is 7.14 Å². The van der Waals surface area contributed by atoms with Crippen molar-refractivity contribution in [2.45, 2.75) is 57.0 Å². The molecule has 1 fully saturated rings. The molecule has 0 radical (unpaired) electrons. The van der Waals surface area contributed by atoms with Gasteiger partial charge in [-0.25, -0.2) is 9.97 Å². The molecule has 1 aromatic carbocycles. The van der Waals surface area contributed by atoms with Crippen LogP contribution in [0.1, 0.15) is 43.2 Å². The van der Waals surface area contributed by atoms with E-state index in [0.717, 1.165) is 50.4 Å². The van der Waals surface area contributed by atoms with Crippen LogP contribution in [0.5, 0.6) is 0 Å². The normalized spacial score (nSPS) is 21.8. The van der Waals surface area contributed by atoms with Crippen molar-refractivity contribution in [2.75, 3.05) is 31.8 Å². The number of anilines is 1. The minimum absolute atomic E-state index is 0.0840. The summed E-state index contributed by atoms with van der Waals surface area (Å²) in [5.41, 5.74) is 0.527. The molecule has 0 saturated heterocycles. The number of hydrogen-bond donors (Lipinski definition) is 3. The average molecular weight is 522 g/mol. The van der Waals surface area contributed by atoms with Gasteiger partial charge in [0, 0.05) is 47.3 Å². The molecule has 194 valence electrons. The Labute approximate surface area is 208 Å². The lowest BCUT2D eigenvalue weighted by molar-refractivity contribution is -0.137. The van der Waals surface area contributed by atoms with Gasteiger partial charge in [0.15, 0.2) is 0 Å². The van der Waals surface area contributed by atoms with Gasteiger partial charge in [0.2, 0.25) is 5.95 Å². The maximum Gasteiger partial charge on any atom is 0.419 e. The van der Waals surface area contributed by atoms with E-state index in [2.05, 4.69) is 25.6 Å². The summed E-state index contributed by atoms with van der Waals surface area (Å²) in [6.45, 7) is 5.07. The van der Waals surface area contributed by atoms with E-state index in [-0.39, 0.29) is 17.7 Å². The fourth-order valence-corrected chi connectivity index (χ4v) is 6.87. The maximum absolute atomic E-state index is 14.0. The zero-order valence-electron chi connectivity index (χ0n) is 20.4. The highest BCUT2D eigenvalue weighted by atomic mass is 31.2. The number of nitrogens with zero attached hydrogens (tertiary/aromatic N) is 2. The SMILES string of the molecule is CP(C)(=O)c1c2ccc3c(c[nH]c13)-c1nc(ncc1C(F)(F)F)N[C@H]1CC[C@@H](C1)NCCCCOC2. The van der Waals surface area contributed by atoms with Crippen LogP contribution in [0, 0.1) is 0 Å². The molecular formula is C25H31F3N5O2P. The standard InChI is InChI=1S/C25H31F3N5O2P/c1-36(2,34)23-15-5-8-18-19(12-30-22(18)23)21-20(25(26,27)28)13-31-24(33-21)32-17-7-6-16(11-17)29-9-3-4-10-35-14-15/h5,8,12-13,16-17,29-30H,3-4,6-7,9-11,14H2,1-2H3,(H,31,32,33)/t16-,17-/m0/s1. The summed E-state index contributed by atoms with van der Waals surface area (Å²) in [6.07, 6.45) is 2.36. The highest BCUT2D eigenvalue weighted by Crippen LogP contribution is 2.43. The van der Waals surface area contributed by atoms with E-state index in [1.165, 1.54) is 6.20 Å². The number of alkyl halides is 3. The number of hydrogen-bond acceptors (Lipinski definition) is 6. The number of nitrogens with one attached hydrogen (secondary N) is 3. The van der Waals surface area contributed by atoms with E-state index >= 15 is 0 Å². The second-order valence-electron chi connectivity index (χ2n) is 10.1. The lowest BCUT2D eigenvalue weighted by atomic mass is 10.0. The molecule has 11 heteroatoms. The molecule has 3 N–H and O–H groups in total. The molecule has 36 heavy (non-hydrogen) atoms. The number of ether oxygens (including phenoxy) is 1. The maximum atomic E-state index is 14.0. The summed E-state index contributed by atoms with van der Waals surface area (Å²) in [4.78, 5) is 11.5. The zero-order valence-corrected chi connectivity index (χ0v) is 21.3. The first kappa shape index (κ1) is 25.2. The van der Waals surface area contributed by atoms with Crippen LogP contribution in [-0.4, -0.2) is 53.5 Å². The minimum Gasteiger partial charge on any atom is -0.377 e. The summed E-state index contributed by atoms with van der Waals surface area (Å²) in [5.74, 6) is 0.179. The molecule has 2 atom stereocenters. The Hall–Kier alpha value is -2.42. The van der Waals surface area contributed by atoms with Crippen molar-refractivity contribution >= 4 is 29.3 Å². The molecule has 1 aliphatic carbocycles. The largest absolute Gasteiger partial charge is 0.419 e. The Balaban J connectivity index is 1.65. The third kappa shape index (κ3) is 5.17. The van der Waals surface area contributed by atoms with E-state index in [4.69, 9.17) is 4.74 Å². The van der Waals surface area contributed by atoms with Gasteiger partial charge >= 0.3 is 6.18 Å². The van der Waals surface area contributed by atoms with Gasteiger partial charge in [-0.15, -0.1) is 0 Å². The lowest BCUT2D eigenvalue weighted by Crippen LogP contribution is -2.29. The van der Waals surface area contributed by atoms with Gasteiger partial charge in [-0.2, -0.15) is 13.2 Å². The number of H-pyrrole nitrogens is 1. The Morgan fingerprint density at radius 3 is 2.72 bits per heavy atom. The third-order valence-corrected chi connectivity index (χ3v) is 8.56. The zero-order chi connectivity index (χ0) is 25.5. The summed E-state index contributed by atoms with van der Waals surface area (Å²) in [5, 5.41) is 7.96. The third-order valence-electron chi connectivity index (χ3n) is 6.97. The summed E-state index contributed by atoms with van der Waals surface area (Å²) in [7, 11) is -2.80. The van der Waals surface area contributed by atoms with E-state index in [9.17, 15) is 17.7 Å². The molecule has 3 aromatic rings. The lowest BCUT2D eigenvalue weighted by Gasteiger charge is -2.17. The van der Waals surface area contributed by atoms with E-state index in [1.54, 1.807) is 25.5 Å². The van der Waals surface area contributed by atoms with Gasteiger partial charge in [0.05, 0.1) is 17.8 Å².